The summed E-state index contributed by atoms with van der Waals surface area (Å²) in [5.41, 5.74) is 0. The number of nitrogens with one attached hydrogen (secondary N) is 1. The number of aryl methyl sites for hydroxylation is 1. The molecule has 1 N–H and O–H groups in total. The summed E-state index contributed by atoms with van der Waals surface area (Å²) in [6.45, 7) is 4.68. The molecule has 0 radical (unpaired) electrons. The monoisotopic (exact) mass is 458 g/mol. The van der Waals surface area contributed by atoms with Crippen LogP contribution in [0.5, 0.6) is 0 Å². The van der Waals surface area contributed by atoms with Crippen molar-refractivity contribution in [3.63, 3.8) is 0 Å². The Kier molecular flexibility index (Phi) is 5.54. The molecular formula is C19H19BrN6OS. The van der Waals surface area contributed by atoms with E-state index in [0.717, 1.165) is 34.1 Å². The van der Waals surface area contributed by atoms with Gasteiger partial charge in [0.2, 0.25) is 0 Å². The molecule has 3 aromatic rings. The highest BCUT2D eigenvalue weighted by atomic mass is 79.9. The molecule has 1 aliphatic rings. The third-order valence-electron chi connectivity index (χ3n) is 4.41. The van der Waals surface area contributed by atoms with E-state index in [4.69, 9.17) is 0 Å². The minimum absolute atomic E-state index is 0.0896. The summed E-state index contributed by atoms with van der Waals surface area (Å²) < 4.78 is 0.948. The smallest absolute Gasteiger partial charge is 0.264 e. The quantitative estimate of drug-likeness (QED) is 0.642. The molecule has 3 aromatic heterocycles. The lowest BCUT2D eigenvalue weighted by molar-refractivity contribution is 0.0751. The van der Waals surface area contributed by atoms with Gasteiger partial charge in [0.25, 0.3) is 5.91 Å². The van der Waals surface area contributed by atoms with Crippen molar-refractivity contribution in [1.29, 1.82) is 0 Å². The van der Waals surface area contributed by atoms with E-state index in [-0.39, 0.29) is 5.91 Å². The number of piperazine rings is 1. The maximum absolute atomic E-state index is 12.6. The van der Waals surface area contributed by atoms with Gasteiger partial charge in [0.05, 0.1) is 4.88 Å². The van der Waals surface area contributed by atoms with Crippen LogP contribution in [-0.2, 0) is 0 Å². The number of nitrogens with zero attached hydrogens (tertiary/aromatic N) is 5. The number of aromatic nitrogens is 3. The van der Waals surface area contributed by atoms with E-state index < -0.39 is 0 Å². The van der Waals surface area contributed by atoms with Crippen LogP contribution in [0.4, 0.5) is 17.5 Å². The van der Waals surface area contributed by atoms with E-state index in [9.17, 15) is 4.79 Å². The third-order valence-corrected chi connectivity index (χ3v) is 6.09. The second kappa shape index (κ2) is 8.24. The summed E-state index contributed by atoms with van der Waals surface area (Å²) in [5.74, 6) is 3.09. The Morgan fingerprint density at radius 2 is 1.96 bits per heavy atom. The molecule has 0 aliphatic carbocycles. The summed E-state index contributed by atoms with van der Waals surface area (Å²) in [7, 11) is 0. The van der Waals surface area contributed by atoms with Crippen molar-refractivity contribution < 1.29 is 4.79 Å². The first kappa shape index (κ1) is 18.8. The van der Waals surface area contributed by atoms with E-state index in [2.05, 4.69) is 41.1 Å². The first-order valence-corrected chi connectivity index (χ1v) is 10.6. The number of thiophene rings is 1. The maximum atomic E-state index is 12.6. The summed E-state index contributed by atoms with van der Waals surface area (Å²) in [5, 5.41) is 5.15. The van der Waals surface area contributed by atoms with Gasteiger partial charge in [-0.1, -0.05) is 6.07 Å². The van der Waals surface area contributed by atoms with Crippen molar-refractivity contribution in [2.75, 3.05) is 36.4 Å². The molecule has 0 unspecified atom stereocenters. The molecule has 4 rings (SSSR count). The van der Waals surface area contributed by atoms with Gasteiger partial charge in [0.15, 0.2) is 0 Å². The Bertz CT molecular complexity index is 972. The van der Waals surface area contributed by atoms with E-state index in [1.807, 2.05) is 47.5 Å². The zero-order valence-electron chi connectivity index (χ0n) is 15.3. The number of halogens is 1. The molecule has 1 fully saturated rings. The normalized spacial score (nSPS) is 14.2. The van der Waals surface area contributed by atoms with Gasteiger partial charge in [-0.2, -0.15) is 0 Å². The van der Waals surface area contributed by atoms with Gasteiger partial charge in [-0.15, -0.1) is 11.3 Å². The molecule has 0 aromatic carbocycles. The Morgan fingerprint density at radius 3 is 2.64 bits per heavy atom. The zero-order valence-corrected chi connectivity index (χ0v) is 17.7. The minimum Gasteiger partial charge on any atom is -0.353 e. The van der Waals surface area contributed by atoms with Crippen LogP contribution in [0.3, 0.4) is 0 Å². The molecule has 0 bridgehead atoms. The first-order valence-electron chi connectivity index (χ1n) is 8.90. The number of amides is 1. The number of anilines is 3. The molecule has 144 valence electrons. The van der Waals surface area contributed by atoms with E-state index in [1.54, 1.807) is 6.20 Å². The van der Waals surface area contributed by atoms with Gasteiger partial charge in [0, 0.05) is 48.3 Å². The van der Waals surface area contributed by atoms with Crippen LogP contribution < -0.4 is 10.2 Å². The van der Waals surface area contributed by atoms with Gasteiger partial charge in [-0.3, -0.25) is 4.79 Å². The summed E-state index contributed by atoms with van der Waals surface area (Å²) in [4.78, 5) is 30.8. The molecular weight excluding hydrogens is 440 g/mol. The molecule has 28 heavy (non-hydrogen) atoms. The number of hydrogen-bond acceptors (Lipinski definition) is 7. The van der Waals surface area contributed by atoms with Crippen LogP contribution in [0.25, 0.3) is 0 Å². The Balaban J connectivity index is 1.43. The summed E-state index contributed by atoms with van der Waals surface area (Å²) >= 11 is 4.88. The van der Waals surface area contributed by atoms with E-state index in [0.29, 0.717) is 24.7 Å². The predicted octanol–water partition coefficient (Wildman–Crippen LogP) is 3.71. The first-order chi connectivity index (χ1) is 13.6. The number of hydrogen-bond donors (Lipinski definition) is 1. The molecule has 0 atom stereocenters. The highest BCUT2D eigenvalue weighted by Crippen LogP contribution is 2.23. The van der Waals surface area contributed by atoms with Crippen molar-refractivity contribution in [2.24, 2.45) is 0 Å². The van der Waals surface area contributed by atoms with E-state index >= 15 is 0 Å². The Morgan fingerprint density at radius 1 is 1.14 bits per heavy atom. The largest absolute Gasteiger partial charge is 0.353 e. The molecule has 0 saturated carbocycles. The highest BCUT2D eigenvalue weighted by molar-refractivity contribution is 9.10. The lowest BCUT2D eigenvalue weighted by atomic mass is 10.3. The lowest BCUT2D eigenvalue weighted by Gasteiger charge is -2.35. The van der Waals surface area contributed by atoms with Crippen LogP contribution in [0.15, 0.2) is 46.4 Å². The molecule has 7 nitrogen and oxygen atoms in total. The third kappa shape index (κ3) is 4.31. The molecule has 0 spiro atoms. The Hall–Kier alpha value is -2.52. The average molecular weight is 459 g/mol. The predicted molar refractivity (Wildman–Crippen MR) is 114 cm³/mol. The number of pyridine rings is 1. The van der Waals surface area contributed by atoms with Crippen LogP contribution in [0.1, 0.15) is 15.5 Å². The van der Waals surface area contributed by atoms with Crippen molar-refractivity contribution in [3.8, 4) is 0 Å². The topological polar surface area (TPSA) is 74.2 Å². The van der Waals surface area contributed by atoms with Crippen molar-refractivity contribution in [2.45, 2.75) is 6.92 Å². The summed E-state index contributed by atoms with van der Waals surface area (Å²) in [6, 6.07) is 9.49. The molecule has 1 saturated heterocycles. The standard InChI is InChI=1S/C19H19BrN6OS/c1-13-22-17(24-16-4-2-3-5-21-16)11-18(23-13)25-6-8-26(9-7-25)19(27)15-10-14(20)12-28-15/h2-5,10-12H,6-9H2,1H3,(H,21,22,23,24). The zero-order chi connectivity index (χ0) is 19.5. The number of carbonyl (C=O) groups excluding carboxylic acids is 1. The minimum atomic E-state index is 0.0896. The molecule has 4 heterocycles. The second-order valence-corrected chi connectivity index (χ2v) is 8.23. The molecule has 1 aliphatic heterocycles. The van der Waals surface area contributed by atoms with Crippen LogP contribution in [-0.4, -0.2) is 51.9 Å². The van der Waals surface area contributed by atoms with Crippen LogP contribution >= 0.6 is 27.3 Å². The van der Waals surface area contributed by atoms with Crippen molar-refractivity contribution in [1.82, 2.24) is 19.9 Å². The SMILES string of the molecule is Cc1nc(Nc2ccccn2)cc(N2CCN(C(=O)c3cc(Br)cs3)CC2)n1. The van der Waals surface area contributed by atoms with Gasteiger partial charge >= 0.3 is 0 Å². The van der Waals surface area contributed by atoms with E-state index in [1.165, 1.54) is 11.3 Å². The summed E-state index contributed by atoms with van der Waals surface area (Å²) in [6.07, 6.45) is 1.74. The maximum Gasteiger partial charge on any atom is 0.264 e. The number of carbonyl (C=O) groups is 1. The van der Waals surface area contributed by atoms with Gasteiger partial charge in [0.1, 0.15) is 23.3 Å². The van der Waals surface area contributed by atoms with Gasteiger partial charge in [-0.05, 0) is 41.1 Å². The fourth-order valence-corrected chi connectivity index (χ4v) is 4.46. The van der Waals surface area contributed by atoms with Crippen LogP contribution in [0, 0.1) is 6.92 Å². The van der Waals surface area contributed by atoms with Gasteiger partial charge < -0.3 is 15.1 Å². The van der Waals surface area contributed by atoms with Crippen molar-refractivity contribution >= 4 is 50.6 Å². The van der Waals surface area contributed by atoms with Gasteiger partial charge in [-0.25, -0.2) is 15.0 Å². The number of rotatable bonds is 4. The average Bonchev–Trinajstić information content (AvgIpc) is 3.14. The highest BCUT2D eigenvalue weighted by Gasteiger charge is 2.24. The molecule has 1 amide bonds. The van der Waals surface area contributed by atoms with Crippen molar-refractivity contribution in [3.05, 3.63) is 57.1 Å². The molecule has 9 heteroatoms. The van der Waals surface area contributed by atoms with Crippen LogP contribution in [0.2, 0.25) is 0 Å². The Labute approximate surface area is 175 Å². The second-order valence-electron chi connectivity index (χ2n) is 6.41. The lowest BCUT2D eigenvalue weighted by Crippen LogP contribution is -2.49. The fraction of sp³-hybridized carbons (Fsp3) is 0.263. The fourth-order valence-electron chi connectivity index (χ4n) is 3.07.